The molecule has 8 nitrogen and oxygen atoms in total. The van der Waals surface area contributed by atoms with Gasteiger partial charge in [-0.25, -0.2) is 18.1 Å². The first kappa shape index (κ1) is 15.7. The van der Waals surface area contributed by atoms with Gasteiger partial charge in [0.15, 0.2) is 5.03 Å². The van der Waals surface area contributed by atoms with E-state index in [-0.39, 0.29) is 11.6 Å². The number of hydrogen-bond acceptors (Lipinski definition) is 5. The largest absolute Gasteiger partial charge is 0.337 e. The van der Waals surface area contributed by atoms with Gasteiger partial charge in [0.05, 0.1) is 6.33 Å². The van der Waals surface area contributed by atoms with Gasteiger partial charge < -0.3 is 10.3 Å². The Hall–Kier alpha value is -1.71. The van der Waals surface area contributed by atoms with Crippen LogP contribution in [0.2, 0.25) is 0 Å². The summed E-state index contributed by atoms with van der Waals surface area (Å²) in [5, 5.41) is 6.48. The van der Waals surface area contributed by atoms with Crippen molar-refractivity contribution in [3.63, 3.8) is 0 Å². The first-order valence-electron chi connectivity index (χ1n) is 6.74. The van der Waals surface area contributed by atoms with Crippen molar-refractivity contribution in [1.29, 1.82) is 0 Å². The van der Waals surface area contributed by atoms with Gasteiger partial charge in [-0.3, -0.25) is 5.10 Å². The van der Waals surface area contributed by atoms with E-state index >= 15 is 0 Å². The molecule has 0 fully saturated rings. The normalized spacial score (nSPS) is 11.9. The third-order valence-electron chi connectivity index (χ3n) is 3.19. The van der Waals surface area contributed by atoms with E-state index < -0.39 is 10.0 Å². The summed E-state index contributed by atoms with van der Waals surface area (Å²) < 4.78 is 28.8. The third-order valence-corrected chi connectivity index (χ3v) is 4.62. The van der Waals surface area contributed by atoms with Crippen LogP contribution in [0.3, 0.4) is 0 Å². The number of nitrogens with two attached hydrogens (primary N) is 1. The molecule has 0 bridgehead atoms. The zero-order valence-corrected chi connectivity index (χ0v) is 12.7. The van der Waals surface area contributed by atoms with Crippen LogP contribution in [-0.2, 0) is 23.1 Å². The number of aryl methyl sites for hydroxylation is 2. The number of nitrogens with zero attached hydrogens (tertiary/aromatic N) is 3. The summed E-state index contributed by atoms with van der Waals surface area (Å²) in [7, 11) is -3.61. The topological polar surface area (TPSA) is 119 Å². The fourth-order valence-corrected chi connectivity index (χ4v) is 3.28. The molecule has 0 saturated carbocycles. The summed E-state index contributed by atoms with van der Waals surface area (Å²) in [5.74, 6) is 0. The Morgan fingerprint density at radius 3 is 2.90 bits per heavy atom. The van der Waals surface area contributed by atoms with E-state index in [4.69, 9.17) is 5.73 Å². The molecule has 21 heavy (non-hydrogen) atoms. The van der Waals surface area contributed by atoms with Crippen molar-refractivity contribution in [2.24, 2.45) is 5.73 Å². The van der Waals surface area contributed by atoms with Crippen LogP contribution < -0.4 is 10.5 Å². The molecule has 2 aromatic heterocycles. The maximum atomic E-state index is 12.2. The number of unbranched alkanes of at least 4 members (excludes halogenated alkanes) is 1. The molecule has 2 aromatic rings. The zero-order chi connectivity index (χ0) is 15.3. The van der Waals surface area contributed by atoms with Crippen molar-refractivity contribution < 1.29 is 8.42 Å². The van der Waals surface area contributed by atoms with Gasteiger partial charge in [-0.2, -0.15) is 5.10 Å². The molecule has 0 aliphatic heterocycles. The zero-order valence-electron chi connectivity index (χ0n) is 11.9. The van der Waals surface area contributed by atoms with E-state index in [1.165, 1.54) is 0 Å². The SMILES string of the molecule is Cc1[nH]nc(S(=O)(=O)NCCCCn2ccnc2)c1CN. The van der Waals surface area contributed by atoms with Gasteiger partial charge in [-0.15, -0.1) is 0 Å². The van der Waals surface area contributed by atoms with Gasteiger partial charge in [-0.1, -0.05) is 0 Å². The molecule has 0 saturated heterocycles. The predicted molar refractivity (Wildman–Crippen MR) is 77.9 cm³/mol. The quantitative estimate of drug-likeness (QED) is 0.599. The second-order valence-corrected chi connectivity index (χ2v) is 6.42. The molecule has 116 valence electrons. The molecule has 0 aromatic carbocycles. The highest BCUT2D eigenvalue weighted by atomic mass is 32.2. The van der Waals surface area contributed by atoms with Gasteiger partial charge in [0.25, 0.3) is 10.0 Å². The molecule has 2 heterocycles. The number of hydrogen-bond donors (Lipinski definition) is 3. The predicted octanol–water partition coefficient (Wildman–Crippen LogP) is 0.132. The van der Waals surface area contributed by atoms with Crippen LogP contribution in [-0.4, -0.2) is 34.7 Å². The first-order chi connectivity index (χ1) is 10.0. The molecule has 0 aliphatic carbocycles. The van der Waals surface area contributed by atoms with Crippen LogP contribution >= 0.6 is 0 Å². The van der Waals surface area contributed by atoms with Crippen LogP contribution in [0.15, 0.2) is 23.7 Å². The highest BCUT2D eigenvalue weighted by Crippen LogP contribution is 2.15. The molecular formula is C12H20N6O2S. The van der Waals surface area contributed by atoms with Gasteiger partial charge in [0, 0.05) is 43.3 Å². The van der Waals surface area contributed by atoms with Crippen molar-refractivity contribution in [3.8, 4) is 0 Å². The molecule has 0 radical (unpaired) electrons. The van der Waals surface area contributed by atoms with Gasteiger partial charge in [-0.05, 0) is 19.8 Å². The minimum absolute atomic E-state index is 0.00268. The number of H-pyrrole nitrogens is 1. The number of aromatic amines is 1. The Kier molecular flexibility index (Phi) is 5.10. The average Bonchev–Trinajstić information content (AvgIpc) is 3.07. The Morgan fingerprint density at radius 2 is 2.24 bits per heavy atom. The monoisotopic (exact) mass is 312 g/mol. The van der Waals surface area contributed by atoms with E-state index in [1.807, 2.05) is 10.8 Å². The second kappa shape index (κ2) is 6.83. The lowest BCUT2D eigenvalue weighted by atomic mass is 10.3. The van der Waals surface area contributed by atoms with Crippen molar-refractivity contribution in [3.05, 3.63) is 30.0 Å². The first-order valence-corrected chi connectivity index (χ1v) is 8.22. The fraction of sp³-hybridized carbons (Fsp3) is 0.500. The Bertz CT molecular complexity index is 662. The summed E-state index contributed by atoms with van der Waals surface area (Å²) in [6, 6.07) is 0. The number of imidazole rings is 1. The van der Waals surface area contributed by atoms with Crippen LogP contribution in [0.4, 0.5) is 0 Å². The molecule has 0 unspecified atom stereocenters. The molecule has 2 rings (SSSR count). The van der Waals surface area contributed by atoms with E-state index in [9.17, 15) is 8.42 Å². The van der Waals surface area contributed by atoms with E-state index in [0.717, 1.165) is 19.4 Å². The lowest BCUT2D eigenvalue weighted by Gasteiger charge is -2.06. The van der Waals surface area contributed by atoms with Gasteiger partial charge >= 0.3 is 0 Å². The van der Waals surface area contributed by atoms with Crippen LogP contribution in [0.1, 0.15) is 24.1 Å². The highest BCUT2D eigenvalue weighted by Gasteiger charge is 2.22. The van der Waals surface area contributed by atoms with Crippen molar-refractivity contribution in [2.45, 2.75) is 37.9 Å². The molecule has 4 N–H and O–H groups in total. The summed E-state index contributed by atoms with van der Waals surface area (Å²) in [6.07, 6.45) is 6.94. The third kappa shape index (κ3) is 3.90. The van der Waals surface area contributed by atoms with Crippen LogP contribution in [0, 0.1) is 6.92 Å². The lowest BCUT2D eigenvalue weighted by molar-refractivity contribution is 0.562. The maximum absolute atomic E-state index is 12.2. The highest BCUT2D eigenvalue weighted by molar-refractivity contribution is 7.89. The standard InChI is InChI=1S/C12H20N6O2S/c1-10-11(8-13)12(17-16-10)21(19,20)15-4-2-3-6-18-7-5-14-9-18/h5,7,9,15H,2-4,6,8,13H2,1H3,(H,16,17). The van der Waals surface area contributed by atoms with Gasteiger partial charge in [0.1, 0.15) is 0 Å². The Morgan fingerprint density at radius 1 is 1.43 bits per heavy atom. The molecule has 0 atom stereocenters. The van der Waals surface area contributed by atoms with Crippen molar-refractivity contribution in [2.75, 3.05) is 6.54 Å². The number of rotatable bonds is 8. The summed E-state index contributed by atoms with van der Waals surface area (Å²) in [5.41, 5.74) is 6.77. The lowest BCUT2D eigenvalue weighted by Crippen LogP contribution is -2.26. The minimum Gasteiger partial charge on any atom is -0.337 e. The molecule has 0 spiro atoms. The maximum Gasteiger partial charge on any atom is 0.260 e. The number of nitrogens with one attached hydrogen (secondary N) is 2. The van der Waals surface area contributed by atoms with Gasteiger partial charge in [0.2, 0.25) is 0 Å². The van der Waals surface area contributed by atoms with E-state index in [2.05, 4.69) is 19.9 Å². The molecule has 0 aliphatic rings. The van der Waals surface area contributed by atoms with E-state index in [0.29, 0.717) is 17.8 Å². The molecule has 9 heteroatoms. The van der Waals surface area contributed by atoms with E-state index in [1.54, 1.807) is 19.4 Å². The smallest absolute Gasteiger partial charge is 0.260 e. The van der Waals surface area contributed by atoms with Crippen LogP contribution in [0.5, 0.6) is 0 Å². The van der Waals surface area contributed by atoms with Crippen molar-refractivity contribution >= 4 is 10.0 Å². The van der Waals surface area contributed by atoms with Crippen molar-refractivity contribution in [1.82, 2.24) is 24.5 Å². The average molecular weight is 312 g/mol. The summed E-state index contributed by atoms with van der Waals surface area (Å²) in [6.45, 7) is 3.07. The second-order valence-electron chi connectivity index (χ2n) is 4.74. The Balaban J connectivity index is 1.84. The molecular weight excluding hydrogens is 292 g/mol. The molecule has 0 amide bonds. The number of aromatic nitrogens is 4. The summed E-state index contributed by atoms with van der Waals surface area (Å²) >= 11 is 0. The Labute approximate surface area is 123 Å². The summed E-state index contributed by atoms with van der Waals surface area (Å²) in [4.78, 5) is 3.95. The van der Waals surface area contributed by atoms with Crippen LogP contribution in [0.25, 0.3) is 0 Å². The fourth-order valence-electron chi connectivity index (χ4n) is 2.01. The minimum atomic E-state index is -3.61. The number of sulfonamides is 1.